The third-order valence-corrected chi connectivity index (χ3v) is 3.72. The van der Waals surface area contributed by atoms with Gasteiger partial charge >= 0.3 is 6.18 Å². The minimum atomic E-state index is -4.37. The summed E-state index contributed by atoms with van der Waals surface area (Å²) in [5.41, 5.74) is 2.33. The number of hydrogen-bond donors (Lipinski definition) is 2. The first-order valence-electron chi connectivity index (χ1n) is 7.08. The van der Waals surface area contributed by atoms with Crippen LogP contribution >= 0.6 is 0 Å². The van der Waals surface area contributed by atoms with Crippen LogP contribution in [0.15, 0.2) is 12.4 Å². The average molecular weight is 303 g/mol. The number of nitrogens with zero attached hydrogens (tertiary/aromatic N) is 1. The van der Waals surface area contributed by atoms with Gasteiger partial charge in [-0.3, -0.25) is 4.79 Å². The molecular weight excluding hydrogens is 283 g/mol. The smallest absolute Gasteiger partial charge is 0.345 e. The van der Waals surface area contributed by atoms with Crippen molar-refractivity contribution in [1.82, 2.24) is 15.2 Å². The summed E-state index contributed by atoms with van der Waals surface area (Å²) in [6, 6.07) is 0.252. The van der Waals surface area contributed by atoms with Crippen molar-refractivity contribution in [2.24, 2.45) is 0 Å². The van der Waals surface area contributed by atoms with Crippen molar-refractivity contribution in [1.29, 1.82) is 0 Å². The van der Waals surface area contributed by atoms with Gasteiger partial charge in [-0.15, -0.1) is 0 Å². The molecule has 1 amide bonds. The summed E-state index contributed by atoms with van der Waals surface area (Å²) in [4.78, 5) is 11.5. The molecule has 0 saturated carbocycles. The van der Waals surface area contributed by atoms with Gasteiger partial charge in [0, 0.05) is 18.4 Å². The van der Waals surface area contributed by atoms with Gasteiger partial charge in [0.1, 0.15) is 13.1 Å². The highest BCUT2D eigenvalue weighted by Gasteiger charge is 2.27. The number of aryl methyl sites for hydroxylation is 1. The van der Waals surface area contributed by atoms with Gasteiger partial charge < -0.3 is 15.2 Å². The molecule has 2 N–H and O–H groups in total. The fraction of sp³-hybridized carbons (Fsp3) is 0.643. The van der Waals surface area contributed by atoms with Gasteiger partial charge in [-0.1, -0.05) is 6.42 Å². The van der Waals surface area contributed by atoms with Crippen LogP contribution in [0.25, 0.3) is 0 Å². The Morgan fingerprint density at radius 2 is 2.14 bits per heavy atom. The molecule has 0 aliphatic heterocycles. The van der Waals surface area contributed by atoms with Crippen LogP contribution in [-0.4, -0.2) is 30.2 Å². The Labute approximate surface area is 121 Å². The highest BCUT2D eigenvalue weighted by molar-refractivity contribution is 5.75. The van der Waals surface area contributed by atoms with Crippen molar-refractivity contribution in [2.75, 3.05) is 13.6 Å². The molecule has 0 saturated heterocycles. The topological polar surface area (TPSA) is 46.1 Å². The van der Waals surface area contributed by atoms with Gasteiger partial charge in [0.25, 0.3) is 0 Å². The predicted molar refractivity (Wildman–Crippen MR) is 72.9 cm³/mol. The molecule has 0 spiro atoms. The highest BCUT2D eigenvalue weighted by atomic mass is 19.4. The Kier molecular flexibility index (Phi) is 4.92. The number of nitrogens with one attached hydrogen (secondary N) is 2. The zero-order valence-corrected chi connectivity index (χ0v) is 12.0. The fourth-order valence-corrected chi connectivity index (χ4v) is 2.73. The predicted octanol–water partition coefficient (Wildman–Crippen LogP) is 2.15. The molecule has 21 heavy (non-hydrogen) atoms. The number of rotatable bonds is 4. The van der Waals surface area contributed by atoms with Crippen molar-refractivity contribution < 1.29 is 18.0 Å². The first-order valence-corrected chi connectivity index (χ1v) is 7.08. The van der Waals surface area contributed by atoms with Crippen LogP contribution < -0.4 is 10.6 Å². The van der Waals surface area contributed by atoms with Crippen LogP contribution in [0.3, 0.4) is 0 Å². The number of amides is 1. The SMILES string of the molecule is CNC1CCCCc2cn(CC(=O)NCC(F)(F)F)cc21. The van der Waals surface area contributed by atoms with Gasteiger partial charge in [-0.05, 0) is 37.4 Å². The summed E-state index contributed by atoms with van der Waals surface area (Å²) in [6.45, 7) is -1.37. The zero-order chi connectivity index (χ0) is 15.5. The summed E-state index contributed by atoms with van der Waals surface area (Å²) in [7, 11) is 1.90. The van der Waals surface area contributed by atoms with E-state index in [-0.39, 0.29) is 12.6 Å². The van der Waals surface area contributed by atoms with E-state index in [0.29, 0.717) is 0 Å². The van der Waals surface area contributed by atoms with Crippen molar-refractivity contribution in [2.45, 2.75) is 44.4 Å². The van der Waals surface area contributed by atoms with E-state index < -0.39 is 18.6 Å². The lowest BCUT2D eigenvalue weighted by Gasteiger charge is -2.13. The Bertz CT molecular complexity index is 496. The second-order valence-corrected chi connectivity index (χ2v) is 5.39. The van der Waals surface area contributed by atoms with E-state index >= 15 is 0 Å². The molecule has 1 aromatic heterocycles. The molecule has 4 nitrogen and oxygen atoms in total. The van der Waals surface area contributed by atoms with Crippen LogP contribution in [0.2, 0.25) is 0 Å². The van der Waals surface area contributed by atoms with E-state index in [1.807, 2.05) is 24.8 Å². The number of alkyl halides is 3. The number of carbonyl (C=O) groups excluding carboxylic acids is 1. The Hall–Kier alpha value is -1.50. The van der Waals surface area contributed by atoms with Gasteiger partial charge in [-0.25, -0.2) is 0 Å². The van der Waals surface area contributed by atoms with Gasteiger partial charge in [0.05, 0.1) is 0 Å². The standard InChI is InChI=1S/C14H20F3N3O/c1-18-12-5-3-2-4-10-6-20(7-11(10)12)8-13(21)19-9-14(15,16)17/h6-7,12,18H,2-5,8-9H2,1H3,(H,19,21). The van der Waals surface area contributed by atoms with Crippen LogP contribution in [0.4, 0.5) is 13.2 Å². The molecule has 2 rings (SSSR count). The normalized spacial score (nSPS) is 19.0. The molecule has 0 bridgehead atoms. The Morgan fingerprint density at radius 1 is 1.38 bits per heavy atom. The molecule has 1 atom stereocenters. The number of aromatic nitrogens is 1. The van der Waals surface area contributed by atoms with Crippen molar-refractivity contribution in [3.63, 3.8) is 0 Å². The number of hydrogen-bond acceptors (Lipinski definition) is 2. The number of halogens is 3. The number of carbonyl (C=O) groups is 1. The summed E-state index contributed by atoms with van der Waals surface area (Å²) >= 11 is 0. The van der Waals surface area contributed by atoms with Crippen LogP contribution in [-0.2, 0) is 17.8 Å². The van der Waals surface area contributed by atoms with Crippen molar-refractivity contribution in [3.05, 3.63) is 23.5 Å². The van der Waals surface area contributed by atoms with Crippen molar-refractivity contribution in [3.8, 4) is 0 Å². The van der Waals surface area contributed by atoms with Crippen LogP contribution in [0, 0.1) is 0 Å². The van der Waals surface area contributed by atoms with Gasteiger partial charge in [0.2, 0.25) is 5.91 Å². The second-order valence-electron chi connectivity index (χ2n) is 5.39. The van der Waals surface area contributed by atoms with E-state index in [0.717, 1.165) is 31.2 Å². The highest BCUT2D eigenvalue weighted by Crippen LogP contribution is 2.29. The maximum atomic E-state index is 12.1. The summed E-state index contributed by atoms with van der Waals surface area (Å²) < 4.78 is 37.8. The lowest BCUT2D eigenvalue weighted by molar-refractivity contribution is -0.138. The molecule has 1 unspecified atom stereocenters. The van der Waals surface area contributed by atoms with E-state index in [1.54, 1.807) is 4.57 Å². The maximum Gasteiger partial charge on any atom is 0.405 e. The third-order valence-electron chi connectivity index (χ3n) is 3.72. The lowest BCUT2D eigenvalue weighted by Crippen LogP contribution is -2.35. The first kappa shape index (κ1) is 15.9. The van der Waals surface area contributed by atoms with E-state index in [4.69, 9.17) is 0 Å². The summed E-state index contributed by atoms with van der Waals surface area (Å²) in [5, 5.41) is 5.14. The minimum Gasteiger partial charge on any atom is -0.345 e. The Balaban J connectivity index is 2.00. The van der Waals surface area contributed by atoms with Crippen LogP contribution in [0.1, 0.15) is 36.4 Å². The Morgan fingerprint density at radius 3 is 2.81 bits per heavy atom. The quantitative estimate of drug-likeness (QED) is 0.837. The van der Waals surface area contributed by atoms with Crippen molar-refractivity contribution >= 4 is 5.91 Å². The molecule has 1 aliphatic rings. The van der Waals surface area contributed by atoms with E-state index in [9.17, 15) is 18.0 Å². The molecule has 1 aliphatic carbocycles. The van der Waals surface area contributed by atoms with E-state index in [1.165, 1.54) is 5.56 Å². The van der Waals surface area contributed by atoms with E-state index in [2.05, 4.69) is 5.32 Å². The molecule has 0 radical (unpaired) electrons. The molecular formula is C14H20F3N3O. The molecule has 0 fully saturated rings. The molecule has 0 aromatic carbocycles. The lowest BCUT2D eigenvalue weighted by atomic mass is 10.1. The van der Waals surface area contributed by atoms with Gasteiger partial charge in [-0.2, -0.15) is 13.2 Å². The first-order chi connectivity index (χ1) is 9.89. The minimum absolute atomic E-state index is 0.0838. The average Bonchev–Trinajstić information content (AvgIpc) is 2.69. The molecule has 1 heterocycles. The third kappa shape index (κ3) is 4.49. The zero-order valence-electron chi connectivity index (χ0n) is 12.0. The second kappa shape index (κ2) is 6.51. The fourth-order valence-electron chi connectivity index (χ4n) is 2.73. The van der Waals surface area contributed by atoms with Crippen LogP contribution in [0.5, 0.6) is 0 Å². The maximum absolute atomic E-state index is 12.1. The molecule has 118 valence electrons. The summed E-state index contributed by atoms with van der Waals surface area (Å²) in [5.74, 6) is -0.626. The molecule has 7 heteroatoms. The monoisotopic (exact) mass is 303 g/mol. The number of fused-ring (bicyclic) bond motifs is 1. The van der Waals surface area contributed by atoms with Gasteiger partial charge in [0.15, 0.2) is 0 Å². The summed E-state index contributed by atoms with van der Waals surface area (Å²) in [6.07, 6.45) is 3.59. The molecule has 1 aromatic rings. The largest absolute Gasteiger partial charge is 0.405 e.